The normalized spacial score (nSPS) is 14.5. The van der Waals surface area contributed by atoms with Crippen LogP contribution >= 0.6 is 0 Å². The Morgan fingerprint density at radius 2 is 0.839 bits per heavy atom. The number of para-hydroxylation sites is 4. The van der Waals surface area contributed by atoms with Crippen molar-refractivity contribution in [3.63, 3.8) is 0 Å². The molecule has 0 amide bonds. The lowest BCUT2D eigenvalue weighted by Gasteiger charge is -2.34. The van der Waals surface area contributed by atoms with Gasteiger partial charge in [0.15, 0.2) is 0 Å². The third-order valence-corrected chi connectivity index (χ3v) is 13.2. The van der Waals surface area contributed by atoms with E-state index in [9.17, 15) is 0 Å². The van der Waals surface area contributed by atoms with Crippen LogP contribution in [0.25, 0.3) is 55.0 Å². The van der Waals surface area contributed by atoms with Crippen molar-refractivity contribution in [2.45, 2.75) is 5.41 Å². The molecule has 1 spiro atoms. The number of fused-ring (bicyclic) bond motifs is 15. The standard InChI is InChI=1S/C59H38N2O/c1-4-21-40(22-5-1)60(41-23-6-2-7-24-41)52-38-39-20-10-11-27-43(39)58-57(52)45-29-13-16-32-48(45)59(58)47-31-15-12-28-44(47)55-49(59)33-18-34-50(55)61(42-25-8-3-9-26-42)51-35-19-37-54-56(51)46-30-14-17-36-53(46)62-54/h1-38H. The molecule has 0 bridgehead atoms. The number of anilines is 6. The summed E-state index contributed by atoms with van der Waals surface area (Å²) in [4.78, 5) is 4.91. The molecule has 1 unspecified atom stereocenters. The van der Waals surface area contributed by atoms with Gasteiger partial charge >= 0.3 is 0 Å². The zero-order chi connectivity index (χ0) is 40.8. The van der Waals surface area contributed by atoms with E-state index in [1.807, 2.05) is 6.07 Å². The highest BCUT2D eigenvalue weighted by molar-refractivity contribution is 6.15. The minimum absolute atomic E-state index is 0.626. The van der Waals surface area contributed by atoms with Crippen molar-refractivity contribution in [2.75, 3.05) is 9.80 Å². The van der Waals surface area contributed by atoms with E-state index < -0.39 is 5.41 Å². The summed E-state index contributed by atoms with van der Waals surface area (Å²) in [6.07, 6.45) is 0. The summed E-state index contributed by atoms with van der Waals surface area (Å²) in [7, 11) is 0. The van der Waals surface area contributed by atoms with E-state index in [0.717, 1.165) is 56.1 Å². The highest BCUT2D eigenvalue weighted by atomic mass is 16.3. The number of hydrogen-bond acceptors (Lipinski definition) is 3. The fourth-order valence-corrected chi connectivity index (χ4v) is 10.9. The zero-order valence-electron chi connectivity index (χ0n) is 33.7. The maximum atomic E-state index is 6.52. The molecule has 0 saturated carbocycles. The average molecular weight is 791 g/mol. The van der Waals surface area contributed by atoms with Crippen molar-refractivity contribution < 1.29 is 4.42 Å². The van der Waals surface area contributed by atoms with E-state index in [-0.39, 0.29) is 0 Å². The Labute approximate surface area is 360 Å². The van der Waals surface area contributed by atoms with Gasteiger partial charge in [-0.15, -0.1) is 0 Å². The maximum Gasteiger partial charge on any atom is 0.137 e. The molecular weight excluding hydrogens is 753 g/mol. The van der Waals surface area contributed by atoms with Gasteiger partial charge in [-0.1, -0.05) is 164 Å². The van der Waals surface area contributed by atoms with Crippen LogP contribution in [0.5, 0.6) is 0 Å². The van der Waals surface area contributed by atoms with Gasteiger partial charge in [-0.25, -0.2) is 0 Å². The van der Waals surface area contributed by atoms with Crippen LogP contribution in [0.4, 0.5) is 34.1 Å². The molecule has 0 N–H and O–H groups in total. The molecule has 0 aliphatic heterocycles. The molecule has 0 radical (unpaired) electrons. The molecule has 13 rings (SSSR count). The van der Waals surface area contributed by atoms with Crippen LogP contribution in [0.2, 0.25) is 0 Å². The highest BCUT2D eigenvalue weighted by Crippen LogP contribution is 2.67. The molecule has 290 valence electrons. The number of hydrogen-bond donors (Lipinski definition) is 0. The highest BCUT2D eigenvalue weighted by Gasteiger charge is 2.54. The van der Waals surface area contributed by atoms with E-state index in [0.29, 0.717) is 0 Å². The Morgan fingerprint density at radius 1 is 0.339 bits per heavy atom. The third-order valence-electron chi connectivity index (χ3n) is 13.2. The van der Waals surface area contributed by atoms with Gasteiger partial charge < -0.3 is 14.2 Å². The summed E-state index contributed by atoms with van der Waals surface area (Å²) in [5.74, 6) is 0. The number of rotatable bonds is 6. The summed E-state index contributed by atoms with van der Waals surface area (Å²) in [6.45, 7) is 0. The third kappa shape index (κ3) is 4.76. The molecule has 2 aliphatic rings. The smallest absolute Gasteiger partial charge is 0.137 e. The van der Waals surface area contributed by atoms with Crippen LogP contribution in [0.15, 0.2) is 235 Å². The summed E-state index contributed by atoms with van der Waals surface area (Å²) in [5.41, 5.74) is 18.0. The molecule has 0 saturated heterocycles. The van der Waals surface area contributed by atoms with Crippen LogP contribution in [0.1, 0.15) is 22.3 Å². The first-order chi connectivity index (χ1) is 30.8. The lowest BCUT2D eigenvalue weighted by molar-refractivity contribution is 0.669. The predicted octanol–water partition coefficient (Wildman–Crippen LogP) is 16.0. The first-order valence-electron chi connectivity index (χ1n) is 21.4. The quantitative estimate of drug-likeness (QED) is 0.167. The van der Waals surface area contributed by atoms with Gasteiger partial charge in [-0.05, 0) is 111 Å². The second kappa shape index (κ2) is 13.4. The van der Waals surface area contributed by atoms with Crippen LogP contribution in [-0.4, -0.2) is 0 Å². The van der Waals surface area contributed by atoms with Crippen molar-refractivity contribution in [1.82, 2.24) is 0 Å². The summed E-state index contributed by atoms with van der Waals surface area (Å²) in [5, 5.41) is 4.66. The zero-order valence-corrected chi connectivity index (χ0v) is 33.7. The molecule has 3 heteroatoms. The SMILES string of the molecule is c1ccc(N(c2ccccc2)c2cc3ccccc3c3c2-c2ccccc2C32c3ccccc3-c3c(N(c4ccccc4)c4cccc5oc6ccccc6c45)cccc32)cc1. The van der Waals surface area contributed by atoms with Crippen molar-refractivity contribution >= 4 is 66.8 Å². The molecule has 1 atom stereocenters. The molecule has 11 aromatic rings. The van der Waals surface area contributed by atoms with Crippen LogP contribution in [-0.2, 0) is 5.41 Å². The van der Waals surface area contributed by atoms with Gasteiger partial charge in [0.05, 0.1) is 27.9 Å². The molecular formula is C59H38N2O. The van der Waals surface area contributed by atoms with Crippen LogP contribution in [0.3, 0.4) is 0 Å². The Kier molecular flexibility index (Phi) is 7.52. The molecule has 2 aliphatic carbocycles. The summed E-state index contributed by atoms with van der Waals surface area (Å²) >= 11 is 0. The van der Waals surface area contributed by atoms with Gasteiger partial charge in [0.25, 0.3) is 0 Å². The lowest BCUT2D eigenvalue weighted by atomic mass is 9.69. The lowest BCUT2D eigenvalue weighted by Crippen LogP contribution is -2.26. The molecule has 3 nitrogen and oxygen atoms in total. The van der Waals surface area contributed by atoms with Gasteiger partial charge in [0.1, 0.15) is 11.2 Å². The summed E-state index contributed by atoms with van der Waals surface area (Å²) < 4.78 is 6.52. The topological polar surface area (TPSA) is 19.6 Å². The fraction of sp³-hybridized carbons (Fsp3) is 0.0169. The van der Waals surface area contributed by atoms with Gasteiger partial charge in [0, 0.05) is 33.6 Å². The largest absolute Gasteiger partial charge is 0.456 e. The predicted molar refractivity (Wildman–Crippen MR) is 257 cm³/mol. The average Bonchev–Trinajstić information content (AvgIpc) is 3.98. The Balaban J connectivity index is 1.17. The molecule has 0 fully saturated rings. The monoisotopic (exact) mass is 790 g/mol. The first kappa shape index (κ1) is 34.7. The van der Waals surface area contributed by atoms with Crippen molar-refractivity contribution in [3.8, 4) is 22.3 Å². The fourth-order valence-electron chi connectivity index (χ4n) is 10.9. The number of benzene rings is 10. The van der Waals surface area contributed by atoms with E-state index in [1.54, 1.807) is 0 Å². The van der Waals surface area contributed by atoms with Gasteiger partial charge in [0.2, 0.25) is 0 Å². The van der Waals surface area contributed by atoms with Crippen molar-refractivity contribution in [2.24, 2.45) is 0 Å². The second-order valence-electron chi connectivity index (χ2n) is 16.3. The van der Waals surface area contributed by atoms with Crippen LogP contribution < -0.4 is 9.80 Å². The van der Waals surface area contributed by atoms with E-state index in [2.05, 4.69) is 234 Å². The van der Waals surface area contributed by atoms with Crippen molar-refractivity contribution in [3.05, 3.63) is 253 Å². The van der Waals surface area contributed by atoms with E-state index >= 15 is 0 Å². The minimum atomic E-state index is -0.626. The molecule has 1 heterocycles. The summed E-state index contributed by atoms with van der Waals surface area (Å²) in [6, 6.07) is 84.0. The van der Waals surface area contributed by atoms with Crippen molar-refractivity contribution in [1.29, 1.82) is 0 Å². The van der Waals surface area contributed by atoms with E-state index in [4.69, 9.17) is 4.42 Å². The van der Waals surface area contributed by atoms with Gasteiger partial charge in [-0.2, -0.15) is 0 Å². The first-order valence-corrected chi connectivity index (χ1v) is 21.4. The maximum absolute atomic E-state index is 6.52. The van der Waals surface area contributed by atoms with E-state index in [1.165, 1.54) is 55.3 Å². The Morgan fingerprint density at radius 3 is 1.53 bits per heavy atom. The van der Waals surface area contributed by atoms with Crippen LogP contribution in [0, 0.1) is 0 Å². The Bertz CT molecular complexity index is 3500. The number of nitrogens with zero attached hydrogens (tertiary/aromatic N) is 2. The minimum Gasteiger partial charge on any atom is -0.456 e. The number of furan rings is 1. The molecule has 1 aromatic heterocycles. The Hall–Kier alpha value is -8.14. The second-order valence-corrected chi connectivity index (χ2v) is 16.3. The molecule has 10 aromatic carbocycles. The molecule has 62 heavy (non-hydrogen) atoms. The van der Waals surface area contributed by atoms with Gasteiger partial charge in [-0.3, -0.25) is 0 Å².